The van der Waals surface area contributed by atoms with E-state index in [1.807, 2.05) is 6.92 Å². The van der Waals surface area contributed by atoms with Crippen LogP contribution >= 0.6 is 0 Å². The van der Waals surface area contributed by atoms with Crippen LogP contribution in [-0.2, 0) is 14.6 Å². The summed E-state index contributed by atoms with van der Waals surface area (Å²) in [5, 5.41) is 0. The molecule has 0 bridgehead atoms. The minimum Gasteiger partial charge on any atom is -0.264 e. The molecule has 0 aromatic rings. The predicted octanol–water partition coefficient (Wildman–Crippen LogP) is 8.04. The van der Waals surface area contributed by atoms with Crippen LogP contribution in [0.5, 0.6) is 0 Å². The zero-order valence-corrected chi connectivity index (χ0v) is 20.4. The Bertz CT molecular complexity index is 497. The highest BCUT2D eigenvalue weighted by Gasteiger charge is 2.33. The molecule has 1 N–H and O–H groups in total. The van der Waals surface area contributed by atoms with Crippen LogP contribution in [0.15, 0.2) is 12.2 Å². The molecule has 0 aromatic carbocycles. The lowest BCUT2D eigenvalue weighted by molar-refractivity contribution is 0.0314. The van der Waals surface area contributed by atoms with Crippen molar-refractivity contribution < 1.29 is 17.2 Å². The highest BCUT2D eigenvalue weighted by Crippen LogP contribution is 2.30. The summed E-state index contributed by atoms with van der Waals surface area (Å²) in [5.41, 5.74) is -0.857. The molecule has 0 saturated heterocycles. The van der Waals surface area contributed by atoms with Crippen molar-refractivity contribution in [1.82, 2.24) is 0 Å². The number of unbranched alkanes of at least 4 members (excludes halogenated alkanes) is 12. The molecule has 4 nitrogen and oxygen atoms in total. The first-order chi connectivity index (χ1) is 13.7. The smallest absolute Gasteiger partial charge is 0.264 e. The van der Waals surface area contributed by atoms with Gasteiger partial charge in [0, 0.05) is 0 Å². The van der Waals surface area contributed by atoms with Gasteiger partial charge in [0.25, 0.3) is 0 Å². The molecule has 174 valence electrons. The molecule has 1 unspecified atom stereocenters. The van der Waals surface area contributed by atoms with E-state index in [0.29, 0.717) is 0 Å². The van der Waals surface area contributed by atoms with Gasteiger partial charge in [-0.25, -0.2) is 4.18 Å². The standard InChI is InChI=1S/C24H48O4S/c1-5-7-8-9-10-11-12-13-14-15-16-17-18-19-20-21-22-23(6-2)24(3,4)28-29(25,26)27/h13-14,23H,5-12,15-22H2,1-4H3,(H,25,26,27)/b14-13-. The summed E-state index contributed by atoms with van der Waals surface area (Å²) < 4.78 is 35.9. The zero-order valence-electron chi connectivity index (χ0n) is 19.6. The molecule has 0 rings (SSSR count). The first-order valence-electron chi connectivity index (χ1n) is 12.1. The minimum absolute atomic E-state index is 0.126. The molecule has 1 atom stereocenters. The van der Waals surface area contributed by atoms with Gasteiger partial charge in [0.15, 0.2) is 0 Å². The van der Waals surface area contributed by atoms with Crippen LogP contribution < -0.4 is 0 Å². The van der Waals surface area contributed by atoms with Gasteiger partial charge >= 0.3 is 10.4 Å². The lowest BCUT2D eigenvalue weighted by atomic mass is 9.84. The number of allylic oxidation sites excluding steroid dienone is 2. The predicted molar refractivity (Wildman–Crippen MR) is 125 cm³/mol. The van der Waals surface area contributed by atoms with Crippen LogP contribution in [0, 0.1) is 5.92 Å². The lowest BCUT2D eigenvalue weighted by Gasteiger charge is -2.32. The van der Waals surface area contributed by atoms with Crippen molar-refractivity contribution in [2.75, 3.05) is 0 Å². The van der Waals surface area contributed by atoms with E-state index < -0.39 is 16.0 Å². The largest absolute Gasteiger partial charge is 0.397 e. The Kier molecular flexibility index (Phi) is 17.1. The Balaban J connectivity index is 3.61. The molecule has 0 heterocycles. The molecule has 29 heavy (non-hydrogen) atoms. The number of hydrogen-bond donors (Lipinski definition) is 1. The summed E-state index contributed by atoms with van der Waals surface area (Å²) in [5.74, 6) is 0.126. The first-order valence-corrected chi connectivity index (χ1v) is 13.4. The second kappa shape index (κ2) is 17.3. The molecule has 5 heteroatoms. The molecular weight excluding hydrogens is 384 g/mol. The highest BCUT2D eigenvalue weighted by molar-refractivity contribution is 7.80. The van der Waals surface area contributed by atoms with E-state index >= 15 is 0 Å². The van der Waals surface area contributed by atoms with Crippen molar-refractivity contribution in [2.45, 2.75) is 136 Å². The molecule has 0 aliphatic heterocycles. The number of rotatable bonds is 20. The number of hydrogen-bond acceptors (Lipinski definition) is 3. The summed E-state index contributed by atoms with van der Waals surface area (Å²) in [6.07, 6.45) is 24.5. The van der Waals surface area contributed by atoms with Gasteiger partial charge in [-0.1, -0.05) is 96.6 Å². The SMILES string of the molecule is CCCCCCCC/C=C\CCCCCCCCC(CC)C(C)(C)OS(=O)(=O)O. The van der Waals surface area contributed by atoms with Gasteiger partial charge in [-0.3, -0.25) is 4.55 Å². The fourth-order valence-electron chi connectivity index (χ4n) is 4.02. The maximum atomic E-state index is 11.0. The molecule has 0 aliphatic carbocycles. The third kappa shape index (κ3) is 18.1. The van der Waals surface area contributed by atoms with Crippen molar-refractivity contribution in [3.63, 3.8) is 0 Å². The van der Waals surface area contributed by atoms with Gasteiger partial charge in [0.2, 0.25) is 0 Å². The van der Waals surface area contributed by atoms with Crippen LogP contribution in [-0.4, -0.2) is 18.6 Å². The molecule has 0 radical (unpaired) electrons. The van der Waals surface area contributed by atoms with Gasteiger partial charge < -0.3 is 0 Å². The van der Waals surface area contributed by atoms with Gasteiger partial charge in [-0.05, 0) is 51.9 Å². The average molecular weight is 433 g/mol. The maximum Gasteiger partial charge on any atom is 0.397 e. The first kappa shape index (κ1) is 28.6. The molecule has 0 spiro atoms. The second-order valence-electron chi connectivity index (χ2n) is 8.95. The summed E-state index contributed by atoms with van der Waals surface area (Å²) in [6.45, 7) is 7.79. The van der Waals surface area contributed by atoms with E-state index in [4.69, 9.17) is 8.74 Å². The van der Waals surface area contributed by atoms with Gasteiger partial charge in [0.1, 0.15) is 0 Å². The summed E-state index contributed by atoms with van der Waals surface area (Å²) in [6, 6.07) is 0. The summed E-state index contributed by atoms with van der Waals surface area (Å²) in [4.78, 5) is 0. The topological polar surface area (TPSA) is 63.6 Å². The van der Waals surface area contributed by atoms with Crippen LogP contribution in [0.25, 0.3) is 0 Å². The van der Waals surface area contributed by atoms with Crippen molar-refractivity contribution in [3.05, 3.63) is 12.2 Å². The Morgan fingerprint density at radius 2 is 1.24 bits per heavy atom. The van der Waals surface area contributed by atoms with Crippen molar-refractivity contribution in [2.24, 2.45) is 5.92 Å². The lowest BCUT2D eigenvalue weighted by Crippen LogP contribution is -2.36. The third-order valence-corrected chi connectivity index (χ3v) is 6.50. The van der Waals surface area contributed by atoms with Crippen LogP contribution in [0.4, 0.5) is 0 Å². The van der Waals surface area contributed by atoms with E-state index in [2.05, 4.69) is 19.1 Å². The Hall–Kier alpha value is -0.390. The second-order valence-corrected chi connectivity index (χ2v) is 9.97. The molecule has 0 aliphatic rings. The van der Waals surface area contributed by atoms with E-state index in [0.717, 1.165) is 19.3 Å². The third-order valence-electron chi connectivity index (χ3n) is 5.86. The summed E-state index contributed by atoms with van der Waals surface area (Å²) in [7, 11) is -4.40. The normalized spacial score (nSPS) is 14.0. The maximum absolute atomic E-state index is 11.0. The fourth-order valence-corrected chi connectivity index (χ4v) is 4.70. The van der Waals surface area contributed by atoms with Crippen LogP contribution in [0.2, 0.25) is 0 Å². The van der Waals surface area contributed by atoms with E-state index in [1.54, 1.807) is 13.8 Å². The minimum atomic E-state index is -4.40. The Morgan fingerprint density at radius 3 is 1.69 bits per heavy atom. The van der Waals surface area contributed by atoms with E-state index in [-0.39, 0.29) is 5.92 Å². The Morgan fingerprint density at radius 1 is 0.793 bits per heavy atom. The van der Waals surface area contributed by atoms with E-state index in [9.17, 15) is 8.42 Å². The molecule has 0 aromatic heterocycles. The average Bonchev–Trinajstić information content (AvgIpc) is 2.62. The molecule has 0 saturated carbocycles. The molecule has 0 amide bonds. The Labute approximate surface area is 181 Å². The molecular formula is C24H48O4S. The van der Waals surface area contributed by atoms with Gasteiger partial charge in [-0.15, -0.1) is 0 Å². The quantitative estimate of drug-likeness (QED) is 0.120. The highest BCUT2D eigenvalue weighted by atomic mass is 32.3. The van der Waals surface area contributed by atoms with Gasteiger partial charge in [-0.2, -0.15) is 8.42 Å². The van der Waals surface area contributed by atoms with E-state index in [1.165, 1.54) is 83.5 Å². The monoisotopic (exact) mass is 432 g/mol. The van der Waals surface area contributed by atoms with Crippen molar-refractivity contribution >= 4 is 10.4 Å². The zero-order chi connectivity index (χ0) is 22.0. The fraction of sp³-hybridized carbons (Fsp3) is 0.917. The van der Waals surface area contributed by atoms with Crippen LogP contribution in [0.1, 0.15) is 130 Å². The van der Waals surface area contributed by atoms with Crippen molar-refractivity contribution in [3.8, 4) is 0 Å². The molecule has 0 fully saturated rings. The summed E-state index contributed by atoms with van der Waals surface area (Å²) >= 11 is 0. The van der Waals surface area contributed by atoms with Crippen LogP contribution in [0.3, 0.4) is 0 Å². The van der Waals surface area contributed by atoms with Gasteiger partial charge in [0.05, 0.1) is 5.60 Å². The van der Waals surface area contributed by atoms with Crippen molar-refractivity contribution in [1.29, 1.82) is 0 Å².